The van der Waals surface area contributed by atoms with Gasteiger partial charge < -0.3 is 9.47 Å². The smallest absolute Gasteiger partial charge is 0.175 e. The van der Waals surface area contributed by atoms with Crippen LogP contribution in [0.5, 0.6) is 11.5 Å². The monoisotopic (exact) mass is 334 g/mol. The molecule has 0 N–H and O–H groups in total. The van der Waals surface area contributed by atoms with E-state index in [9.17, 15) is 0 Å². The maximum Gasteiger partial charge on any atom is 0.175 e. The maximum absolute atomic E-state index is 5.91. The maximum atomic E-state index is 5.91. The molecule has 0 aliphatic heterocycles. The molecule has 0 radical (unpaired) electrons. The summed E-state index contributed by atoms with van der Waals surface area (Å²) in [5.41, 5.74) is 2.36. The van der Waals surface area contributed by atoms with Crippen LogP contribution < -0.4 is 9.47 Å². The molecular formula is C17H19BrO2. The van der Waals surface area contributed by atoms with Crippen LogP contribution in [0.1, 0.15) is 30.9 Å². The predicted octanol–water partition coefficient (Wildman–Crippen LogP) is 5.16. The lowest BCUT2D eigenvalue weighted by molar-refractivity contribution is 0.282. The van der Waals surface area contributed by atoms with Gasteiger partial charge in [-0.25, -0.2) is 0 Å². The fourth-order valence-electron chi connectivity index (χ4n) is 1.94. The van der Waals surface area contributed by atoms with E-state index in [2.05, 4.69) is 35.8 Å². The lowest BCUT2D eigenvalue weighted by atomic mass is 10.0. The Morgan fingerprint density at radius 3 is 2.40 bits per heavy atom. The second-order valence-corrected chi connectivity index (χ2v) is 5.82. The third-order valence-corrected chi connectivity index (χ3v) is 3.73. The summed E-state index contributed by atoms with van der Waals surface area (Å²) in [6.45, 7) is 4.84. The third kappa shape index (κ3) is 3.54. The zero-order chi connectivity index (χ0) is 14.5. The van der Waals surface area contributed by atoms with Crippen LogP contribution in [0.4, 0.5) is 0 Å². The van der Waals surface area contributed by atoms with E-state index in [0.29, 0.717) is 12.5 Å². The molecule has 2 aromatic rings. The molecule has 2 aromatic carbocycles. The van der Waals surface area contributed by atoms with Crippen molar-refractivity contribution in [2.45, 2.75) is 26.4 Å². The summed E-state index contributed by atoms with van der Waals surface area (Å²) in [5.74, 6) is 1.96. The molecule has 0 fully saturated rings. The van der Waals surface area contributed by atoms with E-state index in [1.165, 1.54) is 5.56 Å². The van der Waals surface area contributed by atoms with E-state index in [-0.39, 0.29) is 0 Å². The van der Waals surface area contributed by atoms with Crippen LogP contribution in [-0.4, -0.2) is 7.11 Å². The van der Waals surface area contributed by atoms with E-state index in [0.717, 1.165) is 21.5 Å². The molecule has 0 unspecified atom stereocenters. The molecule has 3 heteroatoms. The van der Waals surface area contributed by atoms with E-state index in [1.807, 2.05) is 36.4 Å². The van der Waals surface area contributed by atoms with Crippen molar-refractivity contribution >= 4 is 15.9 Å². The Morgan fingerprint density at radius 1 is 1.10 bits per heavy atom. The quantitative estimate of drug-likeness (QED) is 0.751. The standard InChI is InChI=1S/C17H19BrO2/c1-12(2)14-9-15(18)17(16(10-14)19-3)20-11-13-7-5-4-6-8-13/h4-10,12H,11H2,1-3H3. The molecule has 2 nitrogen and oxygen atoms in total. The number of hydrogen-bond donors (Lipinski definition) is 0. The van der Waals surface area contributed by atoms with Crippen molar-refractivity contribution in [3.05, 3.63) is 58.1 Å². The van der Waals surface area contributed by atoms with E-state index in [1.54, 1.807) is 7.11 Å². The minimum absolute atomic E-state index is 0.448. The first-order chi connectivity index (χ1) is 9.61. The molecule has 0 aliphatic carbocycles. The lowest BCUT2D eigenvalue weighted by Crippen LogP contribution is -2.00. The Hall–Kier alpha value is -1.48. The molecule has 0 bridgehead atoms. The molecule has 106 valence electrons. The second kappa shape index (κ2) is 6.80. The number of hydrogen-bond acceptors (Lipinski definition) is 2. The molecule has 0 amide bonds. The van der Waals surface area contributed by atoms with Gasteiger partial charge in [0.2, 0.25) is 0 Å². The lowest BCUT2D eigenvalue weighted by Gasteiger charge is -2.15. The summed E-state index contributed by atoms with van der Waals surface area (Å²) in [4.78, 5) is 0. The highest BCUT2D eigenvalue weighted by Gasteiger charge is 2.13. The zero-order valence-electron chi connectivity index (χ0n) is 12.0. The molecule has 0 saturated carbocycles. The van der Waals surface area contributed by atoms with Gasteiger partial charge >= 0.3 is 0 Å². The highest BCUT2D eigenvalue weighted by atomic mass is 79.9. The van der Waals surface area contributed by atoms with Crippen LogP contribution >= 0.6 is 15.9 Å². The largest absolute Gasteiger partial charge is 0.493 e. The van der Waals surface area contributed by atoms with Gasteiger partial charge in [-0.1, -0.05) is 44.2 Å². The zero-order valence-corrected chi connectivity index (χ0v) is 13.6. The summed E-state index contributed by atoms with van der Waals surface area (Å²) in [6.07, 6.45) is 0. The summed E-state index contributed by atoms with van der Waals surface area (Å²) >= 11 is 3.58. The van der Waals surface area contributed by atoms with Crippen molar-refractivity contribution < 1.29 is 9.47 Å². The van der Waals surface area contributed by atoms with Gasteiger partial charge in [0.15, 0.2) is 11.5 Å². The first kappa shape index (κ1) is 14.9. The van der Waals surface area contributed by atoms with Gasteiger partial charge in [0.1, 0.15) is 6.61 Å². The summed E-state index contributed by atoms with van der Waals surface area (Å²) in [7, 11) is 1.67. The molecular weight excluding hydrogens is 316 g/mol. The van der Waals surface area contributed by atoms with Crippen LogP contribution in [0, 0.1) is 0 Å². The average Bonchev–Trinajstić information content (AvgIpc) is 2.46. The van der Waals surface area contributed by atoms with E-state index >= 15 is 0 Å². The molecule has 20 heavy (non-hydrogen) atoms. The fraction of sp³-hybridized carbons (Fsp3) is 0.294. The van der Waals surface area contributed by atoms with Gasteiger partial charge in [-0.15, -0.1) is 0 Å². The molecule has 0 saturated heterocycles. The van der Waals surface area contributed by atoms with Crippen LogP contribution in [-0.2, 0) is 6.61 Å². The summed E-state index contributed by atoms with van der Waals surface area (Å²) < 4.78 is 12.3. The first-order valence-corrected chi connectivity index (χ1v) is 7.45. The molecule has 0 heterocycles. The Labute approximate surface area is 128 Å². The van der Waals surface area contributed by atoms with Crippen molar-refractivity contribution in [3.63, 3.8) is 0 Å². The van der Waals surface area contributed by atoms with Crippen LogP contribution in [0.15, 0.2) is 46.9 Å². The highest BCUT2D eigenvalue weighted by molar-refractivity contribution is 9.10. The predicted molar refractivity (Wildman–Crippen MR) is 85.6 cm³/mol. The third-order valence-electron chi connectivity index (χ3n) is 3.14. The SMILES string of the molecule is COc1cc(C(C)C)cc(Br)c1OCc1ccccc1. The van der Waals surface area contributed by atoms with Gasteiger partial charge in [-0.2, -0.15) is 0 Å². The topological polar surface area (TPSA) is 18.5 Å². The Bertz CT molecular complexity index is 565. The summed E-state index contributed by atoms with van der Waals surface area (Å²) in [6, 6.07) is 14.2. The van der Waals surface area contributed by atoms with Gasteiger partial charge in [0.05, 0.1) is 11.6 Å². The van der Waals surface area contributed by atoms with E-state index in [4.69, 9.17) is 9.47 Å². The van der Waals surface area contributed by atoms with Crippen molar-refractivity contribution in [1.29, 1.82) is 0 Å². The number of rotatable bonds is 5. The van der Waals surface area contributed by atoms with Crippen molar-refractivity contribution in [3.8, 4) is 11.5 Å². The molecule has 0 spiro atoms. The average molecular weight is 335 g/mol. The van der Waals surface area contributed by atoms with Gasteiger partial charge in [0, 0.05) is 0 Å². The Balaban J connectivity index is 2.23. The van der Waals surface area contributed by atoms with Gasteiger partial charge in [-0.05, 0) is 45.1 Å². The number of benzene rings is 2. The van der Waals surface area contributed by atoms with E-state index < -0.39 is 0 Å². The molecule has 0 atom stereocenters. The fourth-order valence-corrected chi connectivity index (χ4v) is 2.52. The summed E-state index contributed by atoms with van der Waals surface area (Å²) in [5, 5.41) is 0. The minimum atomic E-state index is 0.448. The van der Waals surface area contributed by atoms with Crippen LogP contribution in [0.3, 0.4) is 0 Å². The molecule has 0 aromatic heterocycles. The van der Waals surface area contributed by atoms with Crippen LogP contribution in [0.25, 0.3) is 0 Å². The van der Waals surface area contributed by atoms with Gasteiger partial charge in [0.25, 0.3) is 0 Å². The van der Waals surface area contributed by atoms with Crippen molar-refractivity contribution in [2.24, 2.45) is 0 Å². The first-order valence-electron chi connectivity index (χ1n) is 6.66. The number of ether oxygens (including phenoxy) is 2. The van der Waals surface area contributed by atoms with Crippen molar-refractivity contribution in [2.75, 3.05) is 7.11 Å². The minimum Gasteiger partial charge on any atom is -0.493 e. The van der Waals surface area contributed by atoms with Crippen LogP contribution in [0.2, 0.25) is 0 Å². The Morgan fingerprint density at radius 2 is 1.80 bits per heavy atom. The molecule has 0 aliphatic rings. The highest BCUT2D eigenvalue weighted by Crippen LogP contribution is 2.38. The van der Waals surface area contributed by atoms with Crippen molar-refractivity contribution in [1.82, 2.24) is 0 Å². The Kier molecular flexibility index (Phi) is 5.07. The second-order valence-electron chi connectivity index (χ2n) is 4.96. The normalized spacial score (nSPS) is 10.7. The number of methoxy groups -OCH3 is 1. The number of halogens is 1. The van der Waals surface area contributed by atoms with Gasteiger partial charge in [-0.3, -0.25) is 0 Å². The molecule has 2 rings (SSSR count).